The zero-order valence-corrected chi connectivity index (χ0v) is 17.5. The highest BCUT2D eigenvalue weighted by Crippen LogP contribution is 2.22. The zero-order valence-electron chi connectivity index (χ0n) is 17.5. The van der Waals surface area contributed by atoms with Crippen LogP contribution in [0, 0.1) is 0 Å². The lowest BCUT2D eigenvalue weighted by atomic mass is 10.1. The summed E-state index contributed by atoms with van der Waals surface area (Å²) < 4.78 is 6.18. The van der Waals surface area contributed by atoms with Crippen LogP contribution in [-0.2, 0) is 11.3 Å². The van der Waals surface area contributed by atoms with Gasteiger partial charge in [-0.25, -0.2) is 19.4 Å². The van der Waals surface area contributed by atoms with Crippen molar-refractivity contribution in [2.24, 2.45) is 0 Å². The Morgan fingerprint density at radius 2 is 2.03 bits per heavy atom. The molecule has 166 valence electrons. The third kappa shape index (κ3) is 5.10. The second-order valence-electron chi connectivity index (χ2n) is 6.83. The summed E-state index contributed by atoms with van der Waals surface area (Å²) in [6.07, 6.45) is 4.76. The smallest absolute Gasteiger partial charge is 0.337 e. The summed E-state index contributed by atoms with van der Waals surface area (Å²) in [5, 5.41) is 24.2. The molecule has 0 saturated heterocycles. The number of carbonyl (C=O) groups is 2. The average Bonchev–Trinajstić information content (AvgIpc) is 3.32. The lowest BCUT2D eigenvalue weighted by Crippen LogP contribution is -2.13. The Bertz CT molecular complexity index is 1290. The summed E-state index contributed by atoms with van der Waals surface area (Å²) in [5.74, 6) is -0.625. The highest BCUT2D eigenvalue weighted by molar-refractivity contribution is 6.07. The van der Waals surface area contributed by atoms with Crippen LogP contribution < -0.4 is 10.6 Å². The summed E-state index contributed by atoms with van der Waals surface area (Å²) in [6.45, 7) is 0.388. The predicted octanol–water partition coefficient (Wildman–Crippen LogP) is 2.41. The normalized spacial score (nSPS) is 10.5. The van der Waals surface area contributed by atoms with Crippen LogP contribution in [0.1, 0.15) is 26.4 Å². The molecule has 3 N–H and O–H groups in total. The molecule has 0 aliphatic rings. The van der Waals surface area contributed by atoms with Crippen LogP contribution in [0.25, 0.3) is 5.69 Å². The molecule has 2 heterocycles. The van der Waals surface area contributed by atoms with Crippen molar-refractivity contribution in [1.29, 1.82) is 0 Å². The standard InChI is InChI=1S/C22H19N7O4/c1-33-22(32)14-3-2-4-15(9-14)26-21(31)18-10-17(5-6-19(18)30)29-12-16(27-28-29)11-24-20-7-8-23-13-25-20/h2-10,12-13,30H,11H2,1H3,(H,26,31)(H,23,24,25). The van der Waals surface area contributed by atoms with E-state index in [1.54, 1.807) is 42.7 Å². The molecule has 4 aromatic rings. The number of rotatable bonds is 7. The van der Waals surface area contributed by atoms with Gasteiger partial charge in [0.15, 0.2) is 0 Å². The number of esters is 1. The van der Waals surface area contributed by atoms with Crippen molar-refractivity contribution < 1.29 is 19.4 Å². The van der Waals surface area contributed by atoms with E-state index in [-0.39, 0.29) is 11.3 Å². The van der Waals surface area contributed by atoms with Crippen LogP contribution in [0.15, 0.2) is 67.3 Å². The Morgan fingerprint density at radius 3 is 2.82 bits per heavy atom. The number of amides is 1. The van der Waals surface area contributed by atoms with Crippen molar-refractivity contribution in [2.75, 3.05) is 17.7 Å². The van der Waals surface area contributed by atoms with Crippen LogP contribution in [0.4, 0.5) is 11.5 Å². The number of nitrogens with one attached hydrogen (secondary N) is 2. The van der Waals surface area contributed by atoms with Gasteiger partial charge in [-0.15, -0.1) is 5.10 Å². The monoisotopic (exact) mass is 445 g/mol. The SMILES string of the molecule is COC(=O)c1cccc(NC(=O)c2cc(-n3cc(CNc4ccncn4)nn3)ccc2O)c1. The third-order valence-corrected chi connectivity index (χ3v) is 4.60. The summed E-state index contributed by atoms with van der Waals surface area (Å²) in [4.78, 5) is 32.4. The van der Waals surface area contributed by atoms with E-state index in [1.807, 2.05) is 0 Å². The number of hydrogen-bond donors (Lipinski definition) is 3. The molecule has 0 bridgehead atoms. The van der Waals surface area contributed by atoms with Crippen molar-refractivity contribution in [1.82, 2.24) is 25.0 Å². The molecule has 0 atom stereocenters. The Kier molecular flexibility index (Phi) is 6.21. The van der Waals surface area contributed by atoms with Crippen LogP contribution in [0.5, 0.6) is 5.75 Å². The Morgan fingerprint density at radius 1 is 1.15 bits per heavy atom. The number of anilines is 2. The first-order valence-electron chi connectivity index (χ1n) is 9.78. The van der Waals surface area contributed by atoms with Gasteiger partial charge in [-0.2, -0.15) is 0 Å². The minimum atomic E-state index is -0.554. The highest BCUT2D eigenvalue weighted by Gasteiger charge is 2.15. The first kappa shape index (κ1) is 21.4. The van der Waals surface area contributed by atoms with Crippen molar-refractivity contribution in [3.05, 3.63) is 84.1 Å². The number of hydrogen-bond acceptors (Lipinski definition) is 9. The van der Waals surface area contributed by atoms with Crippen molar-refractivity contribution >= 4 is 23.4 Å². The van der Waals surface area contributed by atoms with Crippen LogP contribution in [0.3, 0.4) is 0 Å². The number of phenolic OH excluding ortho intramolecular Hbond substituents is 1. The largest absolute Gasteiger partial charge is 0.507 e. The lowest BCUT2D eigenvalue weighted by molar-refractivity contribution is 0.0600. The second kappa shape index (κ2) is 9.56. The first-order chi connectivity index (χ1) is 16.0. The van der Waals surface area contributed by atoms with Crippen molar-refractivity contribution in [3.8, 4) is 11.4 Å². The molecule has 33 heavy (non-hydrogen) atoms. The van der Waals surface area contributed by atoms with Gasteiger partial charge in [0.1, 0.15) is 23.6 Å². The maximum atomic E-state index is 12.8. The topological polar surface area (TPSA) is 144 Å². The summed E-state index contributed by atoms with van der Waals surface area (Å²) >= 11 is 0. The van der Waals surface area contributed by atoms with E-state index in [4.69, 9.17) is 4.74 Å². The molecule has 0 saturated carbocycles. The molecule has 11 heteroatoms. The van der Waals surface area contributed by atoms with Crippen LogP contribution >= 0.6 is 0 Å². The molecule has 0 fully saturated rings. The molecular formula is C22H19N7O4. The fraction of sp³-hybridized carbons (Fsp3) is 0.0909. The molecule has 0 aliphatic carbocycles. The van der Waals surface area contributed by atoms with E-state index in [1.165, 1.54) is 36.3 Å². The molecule has 11 nitrogen and oxygen atoms in total. The summed E-state index contributed by atoms with van der Waals surface area (Å²) in [5.41, 5.74) is 1.88. The van der Waals surface area contributed by atoms with Gasteiger partial charge in [0.25, 0.3) is 5.91 Å². The van der Waals surface area contributed by atoms with Gasteiger partial charge in [-0.05, 0) is 42.5 Å². The maximum Gasteiger partial charge on any atom is 0.337 e. The average molecular weight is 445 g/mol. The van der Waals surface area contributed by atoms with Gasteiger partial charge in [-0.3, -0.25) is 4.79 Å². The van der Waals surface area contributed by atoms with Gasteiger partial charge >= 0.3 is 5.97 Å². The number of ether oxygens (including phenoxy) is 1. The molecular weight excluding hydrogens is 426 g/mol. The molecule has 2 aromatic heterocycles. The van der Waals surface area contributed by atoms with Gasteiger partial charge in [0, 0.05) is 11.9 Å². The third-order valence-electron chi connectivity index (χ3n) is 4.60. The van der Waals surface area contributed by atoms with Gasteiger partial charge in [-0.1, -0.05) is 11.3 Å². The van der Waals surface area contributed by atoms with E-state index in [2.05, 4.69) is 30.9 Å². The number of carbonyl (C=O) groups excluding carboxylic acids is 2. The number of nitrogens with zero attached hydrogens (tertiary/aromatic N) is 5. The second-order valence-corrected chi connectivity index (χ2v) is 6.83. The van der Waals surface area contributed by atoms with E-state index in [9.17, 15) is 14.7 Å². The number of benzene rings is 2. The van der Waals surface area contributed by atoms with Crippen LogP contribution in [0.2, 0.25) is 0 Å². The van der Waals surface area contributed by atoms with Gasteiger partial charge in [0.05, 0.1) is 36.7 Å². The number of aromatic nitrogens is 5. The summed E-state index contributed by atoms with van der Waals surface area (Å²) in [6, 6.07) is 12.5. The highest BCUT2D eigenvalue weighted by atomic mass is 16.5. The molecule has 0 spiro atoms. The minimum Gasteiger partial charge on any atom is -0.507 e. The fourth-order valence-corrected chi connectivity index (χ4v) is 2.97. The van der Waals surface area contributed by atoms with E-state index < -0.39 is 11.9 Å². The molecule has 4 rings (SSSR count). The molecule has 2 aromatic carbocycles. The van der Waals surface area contributed by atoms with E-state index in [0.29, 0.717) is 35.0 Å². The minimum absolute atomic E-state index is 0.0344. The summed E-state index contributed by atoms with van der Waals surface area (Å²) in [7, 11) is 1.28. The predicted molar refractivity (Wildman–Crippen MR) is 118 cm³/mol. The Labute approximate surface area is 188 Å². The first-order valence-corrected chi connectivity index (χ1v) is 9.78. The lowest BCUT2D eigenvalue weighted by Gasteiger charge is -2.10. The Hall–Kier alpha value is -4.80. The van der Waals surface area contributed by atoms with Crippen LogP contribution in [-0.4, -0.2) is 49.1 Å². The maximum absolute atomic E-state index is 12.8. The molecule has 0 aliphatic heterocycles. The number of aromatic hydroxyl groups is 1. The quantitative estimate of drug-likeness (QED) is 0.365. The van der Waals surface area contributed by atoms with Crippen molar-refractivity contribution in [2.45, 2.75) is 6.54 Å². The Balaban J connectivity index is 1.49. The van der Waals surface area contributed by atoms with Gasteiger partial charge in [0.2, 0.25) is 0 Å². The van der Waals surface area contributed by atoms with Crippen molar-refractivity contribution in [3.63, 3.8) is 0 Å². The fourth-order valence-electron chi connectivity index (χ4n) is 2.97. The van der Waals surface area contributed by atoms with Gasteiger partial charge < -0.3 is 20.5 Å². The van der Waals surface area contributed by atoms with E-state index >= 15 is 0 Å². The molecule has 1 amide bonds. The van der Waals surface area contributed by atoms with E-state index in [0.717, 1.165) is 0 Å². The molecule has 0 unspecified atom stereocenters. The number of methoxy groups -OCH3 is 1. The molecule has 0 radical (unpaired) electrons. The zero-order chi connectivity index (χ0) is 23.2. The number of phenols is 1.